The van der Waals surface area contributed by atoms with Gasteiger partial charge in [-0.1, -0.05) is 6.92 Å². The van der Waals surface area contributed by atoms with E-state index in [0.717, 1.165) is 19.4 Å². The molecule has 0 aromatic carbocycles. The zero-order valence-electron chi connectivity index (χ0n) is 12.0. The Labute approximate surface area is 119 Å². The summed E-state index contributed by atoms with van der Waals surface area (Å²) < 4.78 is 0. The van der Waals surface area contributed by atoms with Crippen LogP contribution in [0.15, 0.2) is 12.4 Å². The maximum atomic E-state index is 12.4. The van der Waals surface area contributed by atoms with Gasteiger partial charge in [-0.05, 0) is 19.8 Å². The van der Waals surface area contributed by atoms with Gasteiger partial charge in [-0.3, -0.25) is 9.78 Å². The molecule has 0 aliphatic carbocycles. The quantitative estimate of drug-likeness (QED) is 0.844. The predicted molar refractivity (Wildman–Crippen MR) is 76.5 cm³/mol. The predicted octanol–water partition coefficient (Wildman–Crippen LogP) is 1.14. The number of aliphatic hydroxyl groups is 1. The molecule has 0 radical (unpaired) electrons. The fourth-order valence-electron chi connectivity index (χ4n) is 2.33. The lowest BCUT2D eigenvalue weighted by molar-refractivity contribution is 0.0756. The third-order valence-electron chi connectivity index (χ3n) is 3.60. The van der Waals surface area contributed by atoms with Gasteiger partial charge in [0.25, 0.3) is 5.91 Å². The molecule has 2 unspecified atom stereocenters. The van der Waals surface area contributed by atoms with Crippen LogP contribution in [-0.2, 0) is 0 Å². The zero-order chi connectivity index (χ0) is 14.5. The third-order valence-corrected chi connectivity index (χ3v) is 3.60. The van der Waals surface area contributed by atoms with E-state index in [2.05, 4.69) is 22.2 Å². The van der Waals surface area contributed by atoms with Gasteiger partial charge in [0.1, 0.15) is 11.5 Å². The van der Waals surface area contributed by atoms with Crippen LogP contribution in [0.1, 0.15) is 37.2 Å². The molecule has 1 aliphatic rings. The van der Waals surface area contributed by atoms with E-state index in [4.69, 9.17) is 0 Å². The van der Waals surface area contributed by atoms with Gasteiger partial charge in [-0.25, -0.2) is 4.98 Å². The molecule has 1 aliphatic heterocycles. The number of hydrogen-bond acceptors (Lipinski definition) is 5. The molecule has 2 heterocycles. The fraction of sp³-hybridized carbons (Fsp3) is 0.643. The Bertz CT molecular complexity index is 464. The van der Waals surface area contributed by atoms with E-state index in [9.17, 15) is 9.90 Å². The summed E-state index contributed by atoms with van der Waals surface area (Å²) in [6.45, 7) is 5.90. The van der Waals surface area contributed by atoms with Crippen molar-refractivity contribution in [1.29, 1.82) is 0 Å². The van der Waals surface area contributed by atoms with Crippen LogP contribution < -0.4 is 5.32 Å². The van der Waals surface area contributed by atoms with Crippen molar-refractivity contribution >= 4 is 11.7 Å². The first-order valence-corrected chi connectivity index (χ1v) is 7.15. The van der Waals surface area contributed by atoms with Gasteiger partial charge in [0.15, 0.2) is 0 Å². The summed E-state index contributed by atoms with van der Waals surface area (Å²) in [6.07, 6.45) is 4.56. The second kappa shape index (κ2) is 6.65. The van der Waals surface area contributed by atoms with Crippen LogP contribution in [0.4, 0.5) is 5.82 Å². The van der Waals surface area contributed by atoms with Crippen molar-refractivity contribution in [2.24, 2.45) is 5.92 Å². The molecule has 0 saturated carbocycles. The maximum Gasteiger partial charge on any atom is 0.274 e. The van der Waals surface area contributed by atoms with Crippen molar-refractivity contribution in [1.82, 2.24) is 14.9 Å². The van der Waals surface area contributed by atoms with Crippen molar-refractivity contribution < 1.29 is 9.90 Å². The minimum Gasteiger partial charge on any atom is -0.393 e. The molecule has 1 saturated heterocycles. The Morgan fingerprint density at radius 3 is 3.05 bits per heavy atom. The fourth-order valence-corrected chi connectivity index (χ4v) is 2.33. The van der Waals surface area contributed by atoms with Crippen molar-refractivity contribution in [3.8, 4) is 0 Å². The summed E-state index contributed by atoms with van der Waals surface area (Å²) in [6, 6.07) is 0. The van der Waals surface area contributed by atoms with E-state index in [1.807, 2.05) is 0 Å². The normalized spacial score (nSPS) is 19.9. The Balaban J connectivity index is 2.02. The van der Waals surface area contributed by atoms with E-state index in [0.29, 0.717) is 24.6 Å². The molecule has 20 heavy (non-hydrogen) atoms. The summed E-state index contributed by atoms with van der Waals surface area (Å²) >= 11 is 0. The van der Waals surface area contributed by atoms with Gasteiger partial charge in [0.05, 0.1) is 18.5 Å². The SMILES string of the molecule is CCCNc1cncc(C(=O)N2CCC(C(C)O)C2)n1. The number of nitrogens with one attached hydrogen (secondary N) is 1. The van der Waals surface area contributed by atoms with Crippen LogP contribution in [0.3, 0.4) is 0 Å². The van der Waals surface area contributed by atoms with Crippen molar-refractivity contribution in [3.63, 3.8) is 0 Å². The van der Waals surface area contributed by atoms with Crippen LogP contribution in [0.25, 0.3) is 0 Å². The number of aliphatic hydroxyl groups excluding tert-OH is 1. The summed E-state index contributed by atoms with van der Waals surface area (Å²) in [4.78, 5) is 22.5. The summed E-state index contributed by atoms with van der Waals surface area (Å²) in [5, 5.41) is 12.7. The van der Waals surface area contributed by atoms with Crippen molar-refractivity contribution in [2.75, 3.05) is 25.0 Å². The second-order valence-electron chi connectivity index (χ2n) is 5.26. The highest BCUT2D eigenvalue weighted by atomic mass is 16.3. The van der Waals surface area contributed by atoms with Gasteiger partial charge in [0.2, 0.25) is 0 Å². The van der Waals surface area contributed by atoms with Gasteiger partial charge < -0.3 is 15.3 Å². The molecule has 0 bridgehead atoms. The van der Waals surface area contributed by atoms with Gasteiger partial charge in [-0.2, -0.15) is 0 Å². The minimum atomic E-state index is -0.378. The second-order valence-corrected chi connectivity index (χ2v) is 5.26. The van der Waals surface area contributed by atoms with Gasteiger partial charge in [-0.15, -0.1) is 0 Å². The van der Waals surface area contributed by atoms with Crippen LogP contribution in [0.2, 0.25) is 0 Å². The standard InChI is InChI=1S/C14H22N4O2/c1-3-5-16-13-8-15-7-12(17-13)14(20)18-6-4-11(9-18)10(2)19/h7-8,10-11,19H,3-6,9H2,1-2H3,(H,16,17). The van der Waals surface area contributed by atoms with Crippen LogP contribution >= 0.6 is 0 Å². The van der Waals surface area contributed by atoms with E-state index in [1.54, 1.807) is 18.0 Å². The van der Waals surface area contributed by atoms with Crippen molar-refractivity contribution in [2.45, 2.75) is 32.8 Å². The van der Waals surface area contributed by atoms with E-state index >= 15 is 0 Å². The molecule has 6 heteroatoms. The van der Waals surface area contributed by atoms with Crippen molar-refractivity contribution in [3.05, 3.63) is 18.1 Å². The molecule has 6 nitrogen and oxygen atoms in total. The molecule has 2 rings (SSSR count). The molecule has 0 spiro atoms. The first-order valence-electron chi connectivity index (χ1n) is 7.15. The minimum absolute atomic E-state index is 0.110. The molecule has 1 aromatic heterocycles. The largest absolute Gasteiger partial charge is 0.393 e. The Morgan fingerprint density at radius 1 is 1.60 bits per heavy atom. The number of anilines is 1. The summed E-state index contributed by atoms with van der Waals surface area (Å²) in [5.74, 6) is 0.679. The van der Waals surface area contributed by atoms with Gasteiger partial charge in [0, 0.05) is 25.6 Å². The smallest absolute Gasteiger partial charge is 0.274 e. The molecular weight excluding hydrogens is 256 g/mol. The van der Waals surface area contributed by atoms with Crippen LogP contribution in [0, 0.1) is 5.92 Å². The lowest BCUT2D eigenvalue weighted by atomic mass is 10.0. The molecule has 2 N–H and O–H groups in total. The van der Waals surface area contributed by atoms with E-state index < -0.39 is 0 Å². The zero-order valence-corrected chi connectivity index (χ0v) is 12.0. The Kier molecular flexibility index (Phi) is 4.89. The number of nitrogens with zero attached hydrogens (tertiary/aromatic N) is 3. The summed E-state index contributed by atoms with van der Waals surface area (Å²) in [5.41, 5.74) is 0.359. The monoisotopic (exact) mass is 278 g/mol. The number of hydrogen-bond donors (Lipinski definition) is 2. The molecule has 110 valence electrons. The molecular formula is C14H22N4O2. The number of amides is 1. The highest BCUT2D eigenvalue weighted by Gasteiger charge is 2.30. The van der Waals surface area contributed by atoms with E-state index in [-0.39, 0.29) is 17.9 Å². The number of aromatic nitrogens is 2. The number of likely N-dealkylation sites (tertiary alicyclic amines) is 1. The average Bonchev–Trinajstić information content (AvgIpc) is 2.94. The first-order chi connectivity index (χ1) is 9.61. The topological polar surface area (TPSA) is 78.4 Å². The third kappa shape index (κ3) is 3.45. The summed E-state index contributed by atoms with van der Waals surface area (Å²) in [7, 11) is 0. The molecule has 1 amide bonds. The molecule has 1 fully saturated rings. The Hall–Kier alpha value is -1.69. The van der Waals surface area contributed by atoms with Crippen LogP contribution in [0.5, 0.6) is 0 Å². The number of carbonyl (C=O) groups is 1. The van der Waals surface area contributed by atoms with Crippen LogP contribution in [-0.4, -0.2) is 51.6 Å². The molecule has 1 aromatic rings. The average molecular weight is 278 g/mol. The van der Waals surface area contributed by atoms with E-state index in [1.165, 1.54) is 6.20 Å². The highest BCUT2D eigenvalue weighted by molar-refractivity contribution is 5.92. The lowest BCUT2D eigenvalue weighted by Gasteiger charge is -2.17. The number of rotatable bonds is 5. The van der Waals surface area contributed by atoms with Gasteiger partial charge >= 0.3 is 0 Å². The Morgan fingerprint density at radius 2 is 2.40 bits per heavy atom. The lowest BCUT2D eigenvalue weighted by Crippen LogP contribution is -2.31. The highest BCUT2D eigenvalue weighted by Crippen LogP contribution is 2.21. The number of carbonyl (C=O) groups excluding carboxylic acids is 1. The maximum absolute atomic E-state index is 12.4. The first kappa shape index (κ1) is 14.7. The molecule has 2 atom stereocenters.